The highest BCUT2D eigenvalue weighted by Crippen LogP contribution is 2.28. The van der Waals surface area contributed by atoms with Gasteiger partial charge in [0.2, 0.25) is 0 Å². The Balaban J connectivity index is 1.71. The fraction of sp³-hybridized carbons (Fsp3) is 0. The maximum absolute atomic E-state index is 13.0. The molecule has 0 atom stereocenters. The van der Waals surface area contributed by atoms with Crippen LogP contribution in [0.1, 0.15) is 0 Å². The molecule has 31 heavy (non-hydrogen) atoms. The highest BCUT2D eigenvalue weighted by atomic mass is 19.1. The standard InChI is InChI=1S/C20H15F2N5O4/c21-12-1-5-14(6-2-12)23-19(28)25-16-9-10-18(27(30)31)17(11-16)26-20(29)24-15-7-3-13(22)4-8-15/h1-11H,(H2,23,25,28)(H2,24,26,29). The highest BCUT2D eigenvalue weighted by molar-refractivity contribution is 6.03. The lowest BCUT2D eigenvalue weighted by atomic mass is 10.2. The number of urea groups is 2. The SMILES string of the molecule is O=C(Nc1ccc(F)cc1)Nc1ccc([N+](=O)[O-])c(NC(=O)Nc2ccc(F)cc2)c1. The van der Waals surface area contributed by atoms with E-state index in [9.17, 15) is 28.5 Å². The topological polar surface area (TPSA) is 125 Å². The van der Waals surface area contributed by atoms with Crippen molar-refractivity contribution in [3.63, 3.8) is 0 Å². The molecular weight excluding hydrogens is 412 g/mol. The van der Waals surface area contributed by atoms with Crippen molar-refractivity contribution in [3.8, 4) is 0 Å². The van der Waals surface area contributed by atoms with E-state index in [0.29, 0.717) is 5.69 Å². The second-order valence-corrected chi connectivity index (χ2v) is 6.16. The van der Waals surface area contributed by atoms with Crippen molar-refractivity contribution in [2.75, 3.05) is 21.3 Å². The molecule has 0 aliphatic heterocycles. The van der Waals surface area contributed by atoms with Crippen molar-refractivity contribution in [3.05, 3.63) is 88.5 Å². The molecule has 11 heteroatoms. The zero-order chi connectivity index (χ0) is 22.4. The summed E-state index contributed by atoms with van der Waals surface area (Å²) in [6.07, 6.45) is 0. The molecule has 3 rings (SSSR count). The number of nitro benzene ring substituents is 1. The van der Waals surface area contributed by atoms with Gasteiger partial charge in [-0.25, -0.2) is 18.4 Å². The van der Waals surface area contributed by atoms with Crippen molar-refractivity contribution >= 4 is 40.5 Å². The molecule has 4 N–H and O–H groups in total. The minimum atomic E-state index is -0.803. The molecular formula is C20H15F2N5O4. The van der Waals surface area contributed by atoms with E-state index < -0.39 is 34.3 Å². The number of anilines is 4. The summed E-state index contributed by atoms with van der Waals surface area (Å²) in [5, 5.41) is 20.9. The molecule has 0 unspecified atom stereocenters. The van der Waals surface area contributed by atoms with E-state index in [2.05, 4.69) is 21.3 Å². The van der Waals surface area contributed by atoms with Crippen LogP contribution in [0.25, 0.3) is 0 Å². The lowest BCUT2D eigenvalue weighted by Crippen LogP contribution is -2.21. The number of hydrogen-bond acceptors (Lipinski definition) is 4. The van der Waals surface area contributed by atoms with Gasteiger partial charge in [0, 0.05) is 23.1 Å². The van der Waals surface area contributed by atoms with E-state index in [1.807, 2.05) is 0 Å². The number of benzene rings is 3. The first-order valence-corrected chi connectivity index (χ1v) is 8.76. The first kappa shape index (κ1) is 21.2. The third-order valence-electron chi connectivity index (χ3n) is 3.90. The molecule has 0 aromatic heterocycles. The second-order valence-electron chi connectivity index (χ2n) is 6.16. The molecule has 0 radical (unpaired) electrons. The average Bonchev–Trinajstić information content (AvgIpc) is 2.71. The summed E-state index contributed by atoms with van der Waals surface area (Å²) in [5.41, 5.74) is 0.178. The Morgan fingerprint density at radius 1 is 0.677 bits per heavy atom. The molecule has 0 aliphatic rings. The molecule has 4 amide bonds. The van der Waals surface area contributed by atoms with Gasteiger partial charge in [-0.1, -0.05) is 0 Å². The summed E-state index contributed by atoms with van der Waals surface area (Å²) in [6.45, 7) is 0. The molecule has 0 saturated carbocycles. The Bertz CT molecular complexity index is 1120. The van der Waals surface area contributed by atoms with Crippen molar-refractivity contribution in [1.29, 1.82) is 0 Å². The van der Waals surface area contributed by atoms with Crippen LogP contribution in [0.5, 0.6) is 0 Å². The van der Waals surface area contributed by atoms with Crippen molar-refractivity contribution in [2.24, 2.45) is 0 Å². The summed E-state index contributed by atoms with van der Waals surface area (Å²) < 4.78 is 25.9. The molecule has 0 fully saturated rings. The molecule has 0 spiro atoms. The highest BCUT2D eigenvalue weighted by Gasteiger charge is 2.17. The summed E-state index contributed by atoms with van der Waals surface area (Å²) in [7, 11) is 0. The van der Waals surface area contributed by atoms with Crippen LogP contribution in [0.3, 0.4) is 0 Å². The molecule has 0 saturated heterocycles. The zero-order valence-corrected chi connectivity index (χ0v) is 15.7. The van der Waals surface area contributed by atoms with Crippen LogP contribution in [0.15, 0.2) is 66.7 Å². The van der Waals surface area contributed by atoms with Crippen LogP contribution in [0, 0.1) is 21.7 Å². The lowest BCUT2D eigenvalue weighted by molar-refractivity contribution is -0.383. The summed E-state index contributed by atoms with van der Waals surface area (Å²) in [6, 6.07) is 12.1. The van der Waals surface area contributed by atoms with Crippen LogP contribution < -0.4 is 21.3 Å². The van der Waals surface area contributed by atoms with Crippen molar-refractivity contribution in [2.45, 2.75) is 0 Å². The molecule has 3 aromatic rings. The third-order valence-corrected chi connectivity index (χ3v) is 3.90. The van der Waals surface area contributed by atoms with Gasteiger partial charge in [0.25, 0.3) is 5.69 Å². The number of rotatable bonds is 5. The van der Waals surface area contributed by atoms with Gasteiger partial charge in [-0.05, 0) is 60.7 Å². The predicted molar refractivity (Wildman–Crippen MR) is 111 cm³/mol. The Labute approximate surface area is 174 Å². The van der Waals surface area contributed by atoms with Crippen molar-refractivity contribution in [1.82, 2.24) is 0 Å². The van der Waals surface area contributed by atoms with Gasteiger partial charge in [0.1, 0.15) is 17.3 Å². The molecule has 0 aliphatic carbocycles. The van der Waals surface area contributed by atoms with E-state index in [1.165, 1.54) is 48.5 Å². The van der Waals surface area contributed by atoms with Gasteiger partial charge < -0.3 is 21.3 Å². The van der Waals surface area contributed by atoms with Crippen LogP contribution in [0.2, 0.25) is 0 Å². The predicted octanol–water partition coefficient (Wildman–Crippen LogP) is 5.16. The van der Waals surface area contributed by atoms with Crippen LogP contribution in [-0.2, 0) is 0 Å². The van der Waals surface area contributed by atoms with Crippen molar-refractivity contribution < 1.29 is 23.3 Å². The Morgan fingerprint density at radius 3 is 1.58 bits per heavy atom. The van der Waals surface area contributed by atoms with E-state index in [4.69, 9.17) is 0 Å². The third kappa shape index (κ3) is 5.97. The minimum Gasteiger partial charge on any atom is -0.308 e. The fourth-order valence-corrected chi connectivity index (χ4v) is 2.52. The normalized spacial score (nSPS) is 10.1. The molecule has 9 nitrogen and oxygen atoms in total. The largest absolute Gasteiger partial charge is 0.323 e. The molecule has 0 heterocycles. The minimum absolute atomic E-state index is 0.155. The molecule has 3 aromatic carbocycles. The number of nitro groups is 1. The first-order chi connectivity index (χ1) is 14.8. The number of halogens is 2. The number of carbonyl (C=O) groups excluding carboxylic acids is 2. The monoisotopic (exact) mass is 427 g/mol. The summed E-state index contributed by atoms with van der Waals surface area (Å²) in [5.74, 6) is -0.949. The summed E-state index contributed by atoms with van der Waals surface area (Å²) in [4.78, 5) is 34.8. The number of hydrogen-bond donors (Lipinski definition) is 4. The maximum Gasteiger partial charge on any atom is 0.323 e. The van der Waals surface area contributed by atoms with E-state index in [-0.39, 0.29) is 17.1 Å². The molecule has 158 valence electrons. The lowest BCUT2D eigenvalue weighted by Gasteiger charge is -2.11. The van der Waals surface area contributed by atoms with Gasteiger partial charge in [-0.2, -0.15) is 0 Å². The van der Waals surface area contributed by atoms with Gasteiger partial charge >= 0.3 is 12.1 Å². The van der Waals surface area contributed by atoms with Crippen LogP contribution in [0.4, 0.5) is 46.8 Å². The number of carbonyl (C=O) groups is 2. The van der Waals surface area contributed by atoms with Gasteiger partial charge in [-0.3, -0.25) is 10.1 Å². The van der Waals surface area contributed by atoms with Crippen LogP contribution >= 0.6 is 0 Å². The number of nitrogens with zero attached hydrogens (tertiary/aromatic N) is 1. The van der Waals surface area contributed by atoms with E-state index >= 15 is 0 Å². The smallest absolute Gasteiger partial charge is 0.308 e. The van der Waals surface area contributed by atoms with Gasteiger partial charge in [0.15, 0.2) is 0 Å². The van der Waals surface area contributed by atoms with E-state index in [0.717, 1.165) is 18.2 Å². The zero-order valence-electron chi connectivity index (χ0n) is 15.7. The van der Waals surface area contributed by atoms with Crippen LogP contribution in [-0.4, -0.2) is 17.0 Å². The second kappa shape index (κ2) is 9.31. The van der Waals surface area contributed by atoms with Gasteiger partial charge in [-0.15, -0.1) is 0 Å². The number of amides is 4. The van der Waals surface area contributed by atoms with Gasteiger partial charge in [0.05, 0.1) is 4.92 Å². The summed E-state index contributed by atoms with van der Waals surface area (Å²) >= 11 is 0. The average molecular weight is 427 g/mol. The van der Waals surface area contributed by atoms with E-state index in [1.54, 1.807) is 0 Å². The first-order valence-electron chi connectivity index (χ1n) is 8.76. The Morgan fingerprint density at radius 2 is 1.10 bits per heavy atom. The Kier molecular flexibility index (Phi) is 6.36. The molecule has 0 bridgehead atoms. The maximum atomic E-state index is 13.0. The number of nitrogens with one attached hydrogen (secondary N) is 4. The fourth-order valence-electron chi connectivity index (χ4n) is 2.52. The Hall–Kier alpha value is -4.54. The quantitative estimate of drug-likeness (QED) is 0.331.